The summed E-state index contributed by atoms with van der Waals surface area (Å²) in [5.74, 6) is 1.73. The molecule has 1 aromatic heterocycles. The number of hydrogen-bond donors (Lipinski definition) is 0. The molecular weight excluding hydrogens is 400 g/mol. The van der Waals surface area contributed by atoms with Crippen molar-refractivity contribution in [1.29, 1.82) is 0 Å². The fourth-order valence-corrected chi connectivity index (χ4v) is 4.47. The smallest absolute Gasteiger partial charge is 0.159 e. The normalized spacial score (nSPS) is 12.2. The lowest BCUT2D eigenvalue weighted by molar-refractivity contribution is 0.478. The second-order valence-corrected chi connectivity index (χ2v) is 10.2. The van der Waals surface area contributed by atoms with Crippen LogP contribution in [-0.2, 0) is 12.8 Å². The molecule has 0 radical (unpaired) electrons. The molecule has 184 valence electrons. The Balaban J connectivity index is 1.60. The molecule has 0 spiro atoms. The van der Waals surface area contributed by atoms with E-state index < -0.39 is 0 Å². The molecule has 33 heavy (non-hydrogen) atoms. The van der Waals surface area contributed by atoms with E-state index in [1.54, 1.807) is 0 Å². The summed E-state index contributed by atoms with van der Waals surface area (Å²) in [5, 5.41) is 0. The first-order valence-electron chi connectivity index (χ1n) is 14.1. The summed E-state index contributed by atoms with van der Waals surface area (Å²) in [6, 6.07) is 8.88. The zero-order chi connectivity index (χ0) is 23.6. The summed E-state index contributed by atoms with van der Waals surface area (Å²) in [5.41, 5.74) is 3.83. The zero-order valence-electron chi connectivity index (χ0n) is 22.0. The largest absolute Gasteiger partial charge is 0.236 e. The molecule has 2 rings (SSSR count). The highest BCUT2D eigenvalue weighted by atomic mass is 14.9. The Hall–Kier alpha value is -1.70. The van der Waals surface area contributed by atoms with Crippen molar-refractivity contribution in [3.05, 3.63) is 47.8 Å². The molecule has 0 amide bonds. The van der Waals surface area contributed by atoms with Crippen molar-refractivity contribution in [2.24, 2.45) is 5.92 Å². The van der Waals surface area contributed by atoms with E-state index in [1.807, 2.05) is 12.4 Å². The van der Waals surface area contributed by atoms with E-state index in [2.05, 4.69) is 55.0 Å². The third kappa shape index (κ3) is 12.4. The van der Waals surface area contributed by atoms with Crippen LogP contribution < -0.4 is 0 Å². The molecule has 0 aliphatic carbocycles. The molecule has 0 saturated carbocycles. The molecule has 1 heterocycles. The van der Waals surface area contributed by atoms with Gasteiger partial charge in [-0.2, -0.15) is 0 Å². The molecule has 1 aromatic carbocycles. The molecule has 0 saturated heterocycles. The minimum atomic E-state index is 0.849. The first kappa shape index (κ1) is 27.5. The van der Waals surface area contributed by atoms with E-state index in [0.29, 0.717) is 0 Å². The van der Waals surface area contributed by atoms with Gasteiger partial charge in [0, 0.05) is 18.0 Å². The number of aromatic nitrogens is 2. The first-order valence-corrected chi connectivity index (χ1v) is 14.1. The summed E-state index contributed by atoms with van der Waals surface area (Å²) < 4.78 is 0. The third-order valence-electron chi connectivity index (χ3n) is 7.10. The molecule has 0 fully saturated rings. The quantitative estimate of drug-likeness (QED) is 0.199. The summed E-state index contributed by atoms with van der Waals surface area (Å²) >= 11 is 0. The molecular formula is C31H50N2. The van der Waals surface area contributed by atoms with Crippen LogP contribution in [0.3, 0.4) is 0 Å². The number of aryl methyl sites for hydroxylation is 2. The van der Waals surface area contributed by atoms with Crippen LogP contribution in [0.1, 0.15) is 128 Å². The summed E-state index contributed by atoms with van der Waals surface area (Å²) in [4.78, 5) is 9.28. The van der Waals surface area contributed by atoms with Crippen LogP contribution in [0.25, 0.3) is 11.4 Å². The minimum Gasteiger partial charge on any atom is -0.236 e. The predicted octanol–water partition coefficient (Wildman–Crippen LogP) is 9.76. The van der Waals surface area contributed by atoms with E-state index in [-0.39, 0.29) is 0 Å². The predicted molar refractivity (Wildman–Crippen MR) is 145 cm³/mol. The van der Waals surface area contributed by atoms with Crippen molar-refractivity contribution >= 4 is 0 Å². The topological polar surface area (TPSA) is 25.8 Å². The second-order valence-electron chi connectivity index (χ2n) is 10.2. The van der Waals surface area contributed by atoms with Crippen LogP contribution in [0.2, 0.25) is 0 Å². The van der Waals surface area contributed by atoms with Crippen LogP contribution >= 0.6 is 0 Å². The number of nitrogens with zero attached hydrogens (tertiary/aromatic N) is 2. The number of hydrogen-bond acceptors (Lipinski definition) is 2. The van der Waals surface area contributed by atoms with Crippen LogP contribution in [0.15, 0.2) is 36.7 Å². The van der Waals surface area contributed by atoms with Gasteiger partial charge in [-0.05, 0) is 42.7 Å². The Morgan fingerprint density at radius 1 is 0.606 bits per heavy atom. The van der Waals surface area contributed by atoms with Gasteiger partial charge < -0.3 is 0 Å². The van der Waals surface area contributed by atoms with Gasteiger partial charge in [-0.25, -0.2) is 9.97 Å². The van der Waals surface area contributed by atoms with Crippen LogP contribution in [0, 0.1) is 5.92 Å². The highest BCUT2D eigenvalue weighted by Crippen LogP contribution is 2.19. The molecule has 1 atom stereocenters. The van der Waals surface area contributed by atoms with Gasteiger partial charge in [-0.1, -0.05) is 129 Å². The van der Waals surface area contributed by atoms with Gasteiger partial charge in [0.15, 0.2) is 5.82 Å². The van der Waals surface area contributed by atoms with Gasteiger partial charge in [0.2, 0.25) is 0 Å². The van der Waals surface area contributed by atoms with Crippen molar-refractivity contribution in [1.82, 2.24) is 9.97 Å². The summed E-state index contributed by atoms with van der Waals surface area (Å²) in [6.07, 6.45) is 26.8. The Morgan fingerprint density at radius 3 is 1.70 bits per heavy atom. The van der Waals surface area contributed by atoms with Gasteiger partial charge in [0.1, 0.15) is 0 Å². The Labute approximate surface area is 205 Å². The van der Waals surface area contributed by atoms with Crippen molar-refractivity contribution < 1.29 is 0 Å². The molecule has 0 aliphatic heterocycles. The maximum atomic E-state index is 4.64. The van der Waals surface area contributed by atoms with Gasteiger partial charge in [0.05, 0.1) is 0 Å². The van der Waals surface area contributed by atoms with Crippen LogP contribution in [0.4, 0.5) is 0 Å². The molecule has 0 bridgehead atoms. The van der Waals surface area contributed by atoms with Crippen LogP contribution in [-0.4, -0.2) is 9.97 Å². The van der Waals surface area contributed by atoms with Crippen molar-refractivity contribution in [3.63, 3.8) is 0 Å². The van der Waals surface area contributed by atoms with Gasteiger partial charge in [-0.15, -0.1) is 0 Å². The number of benzene rings is 1. The minimum absolute atomic E-state index is 0.849. The Morgan fingerprint density at radius 2 is 1.12 bits per heavy atom. The molecule has 0 N–H and O–H groups in total. The lowest BCUT2D eigenvalue weighted by atomic mass is 9.99. The average Bonchev–Trinajstić information content (AvgIpc) is 2.85. The van der Waals surface area contributed by atoms with E-state index in [1.165, 1.54) is 114 Å². The highest BCUT2D eigenvalue weighted by molar-refractivity contribution is 5.55. The maximum Gasteiger partial charge on any atom is 0.159 e. The van der Waals surface area contributed by atoms with Crippen molar-refractivity contribution in [2.45, 2.75) is 130 Å². The average molecular weight is 451 g/mol. The highest BCUT2D eigenvalue weighted by Gasteiger charge is 2.03. The third-order valence-corrected chi connectivity index (χ3v) is 7.10. The monoisotopic (exact) mass is 450 g/mol. The standard InChI is InChI=1S/C31H50N2/c1-4-6-7-8-9-10-11-12-13-16-20-29-25-32-31(33-26-29)30-23-21-28(22-24-30)19-17-14-15-18-27(3)5-2/h21-27H,4-20H2,1-3H3. The molecule has 1 unspecified atom stereocenters. The summed E-state index contributed by atoms with van der Waals surface area (Å²) in [6.45, 7) is 6.95. The SMILES string of the molecule is CCCCCCCCCCCCc1cnc(-c2ccc(CCCCCC(C)CC)cc2)nc1. The van der Waals surface area contributed by atoms with Crippen LogP contribution in [0.5, 0.6) is 0 Å². The van der Waals surface area contributed by atoms with Gasteiger partial charge in [0.25, 0.3) is 0 Å². The Kier molecular flexibility index (Phi) is 14.8. The van der Waals surface area contributed by atoms with Crippen molar-refractivity contribution in [3.8, 4) is 11.4 Å². The molecule has 2 nitrogen and oxygen atoms in total. The number of rotatable bonds is 19. The lowest BCUT2D eigenvalue weighted by Crippen LogP contribution is -1.94. The summed E-state index contributed by atoms with van der Waals surface area (Å²) in [7, 11) is 0. The van der Waals surface area contributed by atoms with Gasteiger partial charge >= 0.3 is 0 Å². The van der Waals surface area contributed by atoms with E-state index in [0.717, 1.165) is 23.7 Å². The number of unbranched alkanes of at least 4 members (excludes halogenated alkanes) is 11. The van der Waals surface area contributed by atoms with Gasteiger partial charge in [-0.3, -0.25) is 0 Å². The first-order chi connectivity index (χ1) is 16.2. The lowest BCUT2D eigenvalue weighted by Gasteiger charge is -2.08. The fourth-order valence-electron chi connectivity index (χ4n) is 4.47. The van der Waals surface area contributed by atoms with Crippen molar-refractivity contribution in [2.75, 3.05) is 0 Å². The van der Waals surface area contributed by atoms with E-state index in [9.17, 15) is 0 Å². The Bertz CT molecular complexity index is 705. The van der Waals surface area contributed by atoms with E-state index >= 15 is 0 Å². The van der Waals surface area contributed by atoms with E-state index in [4.69, 9.17) is 0 Å². The molecule has 2 aromatic rings. The fraction of sp³-hybridized carbons (Fsp3) is 0.677. The maximum absolute atomic E-state index is 4.64. The second kappa shape index (κ2) is 17.7. The zero-order valence-corrected chi connectivity index (χ0v) is 22.0. The molecule has 0 aliphatic rings. The molecule has 2 heteroatoms.